The lowest BCUT2D eigenvalue weighted by Gasteiger charge is -2.44. The summed E-state index contributed by atoms with van der Waals surface area (Å²) in [5, 5.41) is 2.80. The summed E-state index contributed by atoms with van der Waals surface area (Å²) in [6.07, 6.45) is 4.78. The van der Waals surface area contributed by atoms with Gasteiger partial charge in [0.2, 0.25) is 0 Å². The van der Waals surface area contributed by atoms with Gasteiger partial charge in [-0.1, -0.05) is 5.92 Å². The van der Waals surface area contributed by atoms with Crippen molar-refractivity contribution in [3.8, 4) is 11.8 Å². The molecule has 2 saturated carbocycles. The van der Waals surface area contributed by atoms with Crippen LogP contribution < -0.4 is 5.32 Å². The molecule has 0 unspecified atom stereocenters. The molecule has 0 aromatic heterocycles. The van der Waals surface area contributed by atoms with Gasteiger partial charge in [0.05, 0.1) is 0 Å². The summed E-state index contributed by atoms with van der Waals surface area (Å²) in [6.45, 7) is 6.47. The molecule has 2 aliphatic carbocycles. The maximum absolute atomic E-state index is 13.3. The van der Waals surface area contributed by atoms with Crippen LogP contribution in [0.2, 0.25) is 0 Å². The van der Waals surface area contributed by atoms with Crippen LogP contribution in [-0.4, -0.2) is 47.4 Å². The van der Waals surface area contributed by atoms with Crippen molar-refractivity contribution in [2.24, 2.45) is 5.41 Å². The lowest BCUT2D eigenvalue weighted by molar-refractivity contribution is -0.149. The third-order valence-electron chi connectivity index (χ3n) is 7.64. The van der Waals surface area contributed by atoms with Gasteiger partial charge in [-0.15, -0.1) is 5.92 Å². The van der Waals surface area contributed by atoms with E-state index in [-0.39, 0.29) is 17.6 Å². The number of likely N-dealkylation sites (tertiary alicyclic amines) is 1. The number of Topliss-reactive ketones (excluding diaryl/α,β-unsaturated/α-hetero) is 2. The van der Waals surface area contributed by atoms with Gasteiger partial charge in [0, 0.05) is 37.5 Å². The van der Waals surface area contributed by atoms with Crippen LogP contribution in [0.3, 0.4) is 0 Å². The lowest BCUT2D eigenvalue weighted by Crippen LogP contribution is -2.53. The molecule has 6 nitrogen and oxygen atoms in total. The van der Waals surface area contributed by atoms with Crippen LogP contribution in [-0.2, 0) is 19.2 Å². The van der Waals surface area contributed by atoms with Crippen LogP contribution in [0.15, 0.2) is 12.1 Å². The Labute approximate surface area is 195 Å². The second kappa shape index (κ2) is 9.13. The van der Waals surface area contributed by atoms with Crippen LogP contribution >= 0.6 is 0 Å². The zero-order chi connectivity index (χ0) is 23.8. The van der Waals surface area contributed by atoms with Crippen LogP contribution in [0.5, 0.6) is 0 Å². The van der Waals surface area contributed by atoms with Crippen molar-refractivity contribution < 1.29 is 19.2 Å². The Hall–Kier alpha value is -2.94. The Kier molecular flexibility index (Phi) is 6.43. The highest BCUT2D eigenvalue weighted by molar-refractivity contribution is 6.35. The summed E-state index contributed by atoms with van der Waals surface area (Å²) >= 11 is 0. The molecule has 4 rings (SSSR count). The average molecular weight is 449 g/mol. The van der Waals surface area contributed by atoms with E-state index in [1.165, 1.54) is 0 Å². The average Bonchev–Trinajstić information content (AvgIpc) is 2.72. The Balaban J connectivity index is 1.43. The molecule has 6 heteroatoms. The van der Waals surface area contributed by atoms with E-state index in [4.69, 9.17) is 0 Å². The predicted molar refractivity (Wildman–Crippen MR) is 124 cm³/mol. The number of rotatable bonds is 2. The first-order chi connectivity index (χ1) is 15.7. The fourth-order valence-corrected chi connectivity index (χ4v) is 5.63. The molecule has 2 amide bonds. The van der Waals surface area contributed by atoms with Gasteiger partial charge < -0.3 is 10.2 Å². The molecule has 1 aliphatic heterocycles. The highest BCUT2D eigenvalue weighted by Crippen LogP contribution is 2.46. The minimum atomic E-state index is -0.716. The molecule has 1 aromatic rings. The SMILES string of the molecule is CC#Cc1cc(C)c(C2C(=O)CC3(CCN(C(=O)C(=O)NC4CCC4)CC3)CC2=O)c(C)c1. The highest BCUT2D eigenvalue weighted by Gasteiger charge is 2.48. The van der Waals surface area contributed by atoms with Crippen molar-refractivity contribution in [1.82, 2.24) is 10.2 Å². The summed E-state index contributed by atoms with van der Waals surface area (Å²) in [5.74, 6) is 4.13. The van der Waals surface area contributed by atoms with Crippen molar-refractivity contribution in [2.75, 3.05) is 13.1 Å². The van der Waals surface area contributed by atoms with E-state index in [2.05, 4.69) is 17.2 Å². The van der Waals surface area contributed by atoms with Crippen LogP contribution in [0.1, 0.15) is 80.0 Å². The predicted octanol–water partition coefficient (Wildman–Crippen LogP) is 2.97. The van der Waals surface area contributed by atoms with E-state index in [0.717, 1.165) is 41.5 Å². The van der Waals surface area contributed by atoms with Crippen LogP contribution in [0.4, 0.5) is 0 Å². The number of amides is 2. The van der Waals surface area contributed by atoms with Gasteiger partial charge in [-0.05, 0) is 87.1 Å². The molecule has 1 N–H and O–H groups in total. The summed E-state index contributed by atoms with van der Waals surface area (Å²) in [6, 6.07) is 4.02. The number of carbonyl (C=O) groups is 4. The van der Waals surface area contributed by atoms with Gasteiger partial charge in [0.15, 0.2) is 0 Å². The van der Waals surface area contributed by atoms with Gasteiger partial charge in [0.1, 0.15) is 17.5 Å². The summed E-state index contributed by atoms with van der Waals surface area (Å²) < 4.78 is 0. The normalized spacial score (nSPS) is 20.8. The van der Waals surface area contributed by atoms with E-state index in [1.807, 2.05) is 26.0 Å². The number of nitrogens with zero attached hydrogens (tertiary/aromatic N) is 1. The summed E-state index contributed by atoms with van der Waals surface area (Å²) in [5.41, 5.74) is 3.16. The summed E-state index contributed by atoms with van der Waals surface area (Å²) in [7, 11) is 0. The number of carbonyl (C=O) groups excluding carboxylic acids is 4. The molecule has 0 bridgehead atoms. The zero-order valence-electron chi connectivity index (χ0n) is 19.8. The maximum atomic E-state index is 13.3. The third-order valence-corrected chi connectivity index (χ3v) is 7.64. The summed E-state index contributed by atoms with van der Waals surface area (Å²) in [4.78, 5) is 52.9. The van der Waals surface area contributed by atoms with Crippen molar-refractivity contribution in [1.29, 1.82) is 0 Å². The molecule has 3 fully saturated rings. The largest absolute Gasteiger partial charge is 0.345 e. The fraction of sp³-hybridized carbons (Fsp3) is 0.556. The number of ketones is 2. The Morgan fingerprint density at radius 3 is 2.09 bits per heavy atom. The minimum absolute atomic E-state index is 0.0331. The smallest absolute Gasteiger partial charge is 0.311 e. The van der Waals surface area contributed by atoms with Gasteiger partial charge in [-0.25, -0.2) is 0 Å². The molecule has 1 saturated heterocycles. The van der Waals surface area contributed by atoms with Gasteiger partial charge in [0.25, 0.3) is 0 Å². The van der Waals surface area contributed by atoms with E-state index in [1.54, 1.807) is 11.8 Å². The molecule has 0 atom stereocenters. The maximum Gasteiger partial charge on any atom is 0.311 e. The molecular weight excluding hydrogens is 416 g/mol. The number of piperidine rings is 1. The number of benzene rings is 1. The number of hydrogen-bond donors (Lipinski definition) is 1. The first-order valence-corrected chi connectivity index (χ1v) is 11.9. The number of nitrogens with one attached hydrogen (secondary N) is 1. The van der Waals surface area contributed by atoms with E-state index in [9.17, 15) is 19.2 Å². The first-order valence-electron chi connectivity index (χ1n) is 11.9. The van der Waals surface area contributed by atoms with E-state index >= 15 is 0 Å². The third kappa shape index (κ3) is 4.59. The molecule has 174 valence electrons. The van der Waals surface area contributed by atoms with Gasteiger partial charge in [-0.2, -0.15) is 0 Å². The van der Waals surface area contributed by atoms with Crippen LogP contribution in [0.25, 0.3) is 0 Å². The molecular formula is C27H32N2O4. The standard InChI is InChI=1S/C27H32N2O4/c1-4-6-19-13-17(2)23(18(3)14-19)24-21(30)15-27(16-22(24)31)9-11-29(12-10-27)26(33)25(32)28-20-7-5-8-20/h13-14,20,24H,5,7-12,15-16H2,1-3H3,(H,28,32). The molecule has 3 aliphatic rings. The van der Waals surface area contributed by atoms with Crippen molar-refractivity contribution in [3.05, 3.63) is 34.4 Å². The highest BCUT2D eigenvalue weighted by atomic mass is 16.2. The molecule has 1 heterocycles. The topological polar surface area (TPSA) is 83.6 Å². The van der Waals surface area contributed by atoms with Crippen molar-refractivity contribution in [3.63, 3.8) is 0 Å². The van der Waals surface area contributed by atoms with Crippen molar-refractivity contribution >= 4 is 23.4 Å². The quantitative estimate of drug-likeness (QED) is 0.428. The zero-order valence-corrected chi connectivity index (χ0v) is 19.8. The second-order valence-electron chi connectivity index (χ2n) is 10.0. The van der Waals surface area contributed by atoms with Gasteiger partial charge >= 0.3 is 11.8 Å². The fourth-order valence-electron chi connectivity index (χ4n) is 5.63. The van der Waals surface area contributed by atoms with E-state index < -0.39 is 23.1 Å². The molecule has 0 radical (unpaired) electrons. The first kappa shape index (κ1) is 23.2. The monoisotopic (exact) mass is 448 g/mol. The van der Waals surface area contributed by atoms with Crippen molar-refractivity contribution in [2.45, 2.75) is 77.7 Å². The number of hydrogen-bond acceptors (Lipinski definition) is 4. The number of aryl methyl sites for hydroxylation is 2. The molecule has 1 spiro atoms. The Morgan fingerprint density at radius 2 is 1.61 bits per heavy atom. The van der Waals surface area contributed by atoms with Gasteiger partial charge in [-0.3, -0.25) is 19.2 Å². The Bertz CT molecular complexity index is 1020. The molecule has 1 aromatic carbocycles. The van der Waals surface area contributed by atoms with E-state index in [0.29, 0.717) is 38.8 Å². The Morgan fingerprint density at radius 1 is 1.03 bits per heavy atom. The minimum Gasteiger partial charge on any atom is -0.345 e. The van der Waals surface area contributed by atoms with Crippen LogP contribution in [0, 0.1) is 31.1 Å². The lowest BCUT2D eigenvalue weighted by atomic mass is 9.62. The molecule has 33 heavy (non-hydrogen) atoms. The second-order valence-corrected chi connectivity index (χ2v) is 10.0.